The van der Waals surface area contributed by atoms with Gasteiger partial charge in [0.15, 0.2) is 5.16 Å². The second-order valence-corrected chi connectivity index (χ2v) is 11.3. The lowest BCUT2D eigenvalue weighted by atomic mass is 10.0. The van der Waals surface area contributed by atoms with E-state index in [1.54, 1.807) is 6.92 Å². The number of aryl methyl sites for hydroxylation is 1. The summed E-state index contributed by atoms with van der Waals surface area (Å²) in [5, 5.41) is 6.01. The molecule has 10 heteroatoms. The summed E-state index contributed by atoms with van der Waals surface area (Å²) in [6.45, 7) is 3.94. The first-order valence-electron chi connectivity index (χ1n) is 11.8. The largest absolute Gasteiger partial charge is 0.462 e. The van der Waals surface area contributed by atoms with Crippen LogP contribution in [0.15, 0.2) is 76.0 Å². The Labute approximate surface area is 230 Å². The van der Waals surface area contributed by atoms with Crippen molar-refractivity contribution in [1.29, 1.82) is 0 Å². The number of nitrogens with one attached hydrogen (secondary N) is 2. The molecule has 2 N–H and O–H groups in total. The Morgan fingerprint density at radius 3 is 2.42 bits per heavy atom. The number of carbonyl (C=O) groups excluding carboxylic acids is 2. The number of anilines is 1. The number of thiophene rings is 2. The molecule has 192 valence electrons. The molecule has 0 radical (unpaired) electrons. The van der Waals surface area contributed by atoms with Gasteiger partial charge in [-0.2, -0.15) is 0 Å². The molecule has 0 aliphatic carbocycles. The van der Waals surface area contributed by atoms with E-state index in [9.17, 15) is 14.4 Å². The normalized spacial score (nSPS) is 11.0. The van der Waals surface area contributed by atoms with E-state index in [0.29, 0.717) is 31.5 Å². The number of nitrogens with zero attached hydrogens (tertiary/aromatic N) is 1. The summed E-state index contributed by atoms with van der Waals surface area (Å²) in [6, 6.07) is 19.2. The Hall–Kier alpha value is -3.73. The lowest BCUT2D eigenvalue weighted by Crippen LogP contribution is -2.17. The van der Waals surface area contributed by atoms with Crippen molar-refractivity contribution in [3.05, 3.63) is 86.8 Å². The molecule has 0 saturated heterocycles. The molecule has 0 fully saturated rings. The maximum absolute atomic E-state index is 13.0. The average molecular weight is 562 g/mol. The molecule has 0 atom stereocenters. The van der Waals surface area contributed by atoms with Crippen molar-refractivity contribution >= 4 is 61.5 Å². The van der Waals surface area contributed by atoms with E-state index in [2.05, 4.69) is 15.3 Å². The minimum Gasteiger partial charge on any atom is -0.462 e. The van der Waals surface area contributed by atoms with Crippen LogP contribution in [-0.4, -0.2) is 34.2 Å². The van der Waals surface area contributed by atoms with Crippen LogP contribution in [0.5, 0.6) is 0 Å². The smallest absolute Gasteiger partial charge is 0.341 e. The Morgan fingerprint density at radius 2 is 1.74 bits per heavy atom. The summed E-state index contributed by atoms with van der Waals surface area (Å²) < 4.78 is 5.26. The number of hydrogen-bond acceptors (Lipinski definition) is 8. The third-order valence-corrected chi connectivity index (χ3v) is 8.49. The minimum absolute atomic E-state index is 0.00514. The van der Waals surface area contributed by atoms with Gasteiger partial charge in [-0.3, -0.25) is 9.59 Å². The van der Waals surface area contributed by atoms with Gasteiger partial charge in [0.25, 0.3) is 5.56 Å². The maximum Gasteiger partial charge on any atom is 0.341 e. The zero-order chi connectivity index (χ0) is 26.6. The zero-order valence-electron chi connectivity index (χ0n) is 20.6. The van der Waals surface area contributed by atoms with Gasteiger partial charge in [-0.15, -0.1) is 22.7 Å². The zero-order valence-corrected chi connectivity index (χ0v) is 23.0. The summed E-state index contributed by atoms with van der Waals surface area (Å²) in [4.78, 5) is 47.7. The lowest BCUT2D eigenvalue weighted by molar-refractivity contribution is -0.113. The predicted octanol–water partition coefficient (Wildman–Crippen LogP) is 6.60. The molecule has 3 aromatic heterocycles. The number of H-pyrrole nitrogens is 1. The van der Waals surface area contributed by atoms with Crippen molar-refractivity contribution in [2.75, 3.05) is 17.7 Å². The number of aromatic amines is 1. The van der Waals surface area contributed by atoms with Crippen LogP contribution < -0.4 is 10.9 Å². The number of esters is 1. The van der Waals surface area contributed by atoms with Crippen molar-refractivity contribution in [2.45, 2.75) is 19.0 Å². The Morgan fingerprint density at radius 1 is 1.05 bits per heavy atom. The molecule has 0 unspecified atom stereocenters. The molecule has 7 nitrogen and oxygen atoms in total. The van der Waals surface area contributed by atoms with Crippen molar-refractivity contribution in [3.8, 4) is 22.3 Å². The maximum atomic E-state index is 13.0. The van der Waals surface area contributed by atoms with Gasteiger partial charge in [0.1, 0.15) is 15.4 Å². The Bertz CT molecular complexity index is 1670. The predicted molar refractivity (Wildman–Crippen MR) is 155 cm³/mol. The number of hydrogen-bond donors (Lipinski definition) is 2. The third-order valence-electron chi connectivity index (χ3n) is 5.73. The van der Waals surface area contributed by atoms with Gasteiger partial charge in [0, 0.05) is 21.4 Å². The van der Waals surface area contributed by atoms with E-state index in [1.165, 1.54) is 22.7 Å². The SMILES string of the molecule is CCOC(=O)c1c(-c2ccccc2)csc1NC(=O)CSc1nc2sc(C)c(-c3ccccc3)c2c(=O)[nH]1. The van der Waals surface area contributed by atoms with Crippen LogP contribution in [0.2, 0.25) is 0 Å². The van der Waals surface area contributed by atoms with E-state index in [4.69, 9.17) is 4.74 Å². The van der Waals surface area contributed by atoms with E-state index in [-0.39, 0.29) is 23.8 Å². The number of carbonyl (C=O) groups is 2. The molecule has 3 heterocycles. The molecule has 1 amide bonds. The summed E-state index contributed by atoms with van der Waals surface area (Å²) in [5.74, 6) is -0.808. The van der Waals surface area contributed by atoms with Crippen LogP contribution in [0.25, 0.3) is 32.5 Å². The molecule has 0 aliphatic rings. The molecular formula is C28H23N3O4S3. The van der Waals surface area contributed by atoms with Crippen molar-refractivity contribution in [3.63, 3.8) is 0 Å². The number of fused-ring (bicyclic) bond motifs is 1. The van der Waals surface area contributed by atoms with Gasteiger partial charge in [-0.1, -0.05) is 72.4 Å². The molecule has 38 heavy (non-hydrogen) atoms. The first-order chi connectivity index (χ1) is 18.5. The number of ether oxygens (including phenoxy) is 1. The van der Waals surface area contributed by atoms with E-state index in [1.807, 2.05) is 73.0 Å². The molecule has 0 bridgehead atoms. The standard InChI is InChI=1S/C28H23N3O4S3/c1-3-35-27(34)22-19(17-10-6-4-7-11-17)14-36-25(22)29-20(32)15-37-28-30-24(33)23-21(16(2)38-26(23)31-28)18-12-8-5-9-13-18/h4-14H,3,15H2,1-2H3,(H,29,32)(H,30,31,33). The fraction of sp³-hybridized carbons (Fsp3) is 0.143. The highest BCUT2D eigenvalue weighted by molar-refractivity contribution is 7.99. The highest BCUT2D eigenvalue weighted by atomic mass is 32.2. The van der Waals surface area contributed by atoms with Crippen LogP contribution in [0, 0.1) is 6.92 Å². The van der Waals surface area contributed by atoms with Gasteiger partial charge in [-0.05, 0) is 25.0 Å². The Kier molecular flexibility index (Phi) is 7.73. The van der Waals surface area contributed by atoms with Crippen molar-refractivity contribution in [1.82, 2.24) is 9.97 Å². The van der Waals surface area contributed by atoms with Gasteiger partial charge < -0.3 is 15.0 Å². The van der Waals surface area contributed by atoms with Crippen LogP contribution in [-0.2, 0) is 9.53 Å². The summed E-state index contributed by atoms with van der Waals surface area (Å²) in [5.41, 5.74) is 3.50. The molecular weight excluding hydrogens is 539 g/mol. The molecule has 0 saturated carbocycles. The summed E-state index contributed by atoms with van der Waals surface area (Å²) in [6.07, 6.45) is 0. The monoisotopic (exact) mass is 561 g/mol. The molecule has 2 aromatic carbocycles. The number of rotatable bonds is 8. The van der Waals surface area contributed by atoms with E-state index < -0.39 is 5.97 Å². The first kappa shape index (κ1) is 25.9. The van der Waals surface area contributed by atoms with Crippen molar-refractivity contribution in [2.24, 2.45) is 0 Å². The summed E-state index contributed by atoms with van der Waals surface area (Å²) >= 11 is 3.85. The first-order valence-corrected chi connectivity index (χ1v) is 14.5. The molecule has 5 aromatic rings. The van der Waals surface area contributed by atoms with Gasteiger partial charge in [0.2, 0.25) is 5.91 Å². The number of amides is 1. The lowest BCUT2D eigenvalue weighted by Gasteiger charge is -2.09. The Balaban J connectivity index is 1.35. The minimum atomic E-state index is -0.491. The van der Waals surface area contributed by atoms with E-state index >= 15 is 0 Å². The van der Waals surface area contributed by atoms with Crippen LogP contribution in [0.4, 0.5) is 5.00 Å². The highest BCUT2D eigenvalue weighted by Gasteiger charge is 2.23. The highest BCUT2D eigenvalue weighted by Crippen LogP contribution is 2.37. The quantitative estimate of drug-likeness (QED) is 0.126. The molecule has 5 rings (SSSR count). The molecule has 0 spiro atoms. The fourth-order valence-corrected chi connectivity index (χ4v) is 6.84. The number of aromatic nitrogens is 2. The topological polar surface area (TPSA) is 101 Å². The van der Waals surface area contributed by atoms with E-state index in [0.717, 1.165) is 33.3 Å². The van der Waals surface area contributed by atoms with Crippen LogP contribution in [0.3, 0.4) is 0 Å². The second-order valence-electron chi connectivity index (χ2n) is 8.23. The number of thioether (sulfide) groups is 1. The van der Waals surface area contributed by atoms with Crippen molar-refractivity contribution < 1.29 is 14.3 Å². The average Bonchev–Trinajstić information content (AvgIpc) is 3.49. The third kappa shape index (κ3) is 5.28. The fourth-order valence-electron chi connectivity index (χ4n) is 4.10. The molecule has 0 aliphatic heterocycles. The number of benzene rings is 2. The van der Waals surface area contributed by atoms with Crippen LogP contribution >= 0.6 is 34.4 Å². The van der Waals surface area contributed by atoms with Crippen LogP contribution in [0.1, 0.15) is 22.2 Å². The van der Waals surface area contributed by atoms with Gasteiger partial charge in [-0.25, -0.2) is 9.78 Å². The van der Waals surface area contributed by atoms with Gasteiger partial charge >= 0.3 is 5.97 Å². The van der Waals surface area contributed by atoms with Gasteiger partial charge in [0.05, 0.1) is 17.7 Å². The summed E-state index contributed by atoms with van der Waals surface area (Å²) in [7, 11) is 0. The second kappa shape index (κ2) is 11.3.